The highest BCUT2D eigenvalue weighted by Gasteiger charge is 2.22. The van der Waals surface area contributed by atoms with Crippen LogP contribution in [0.25, 0.3) is 22.2 Å². The Morgan fingerprint density at radius 1 is 1.21 bits per heavy atom. The molecule has 2 heterocycles. The van der Waals surface area contributed by atoms with Crippen LogP contribution in [0.2, 0.25) is 5.02 Å². The van der Waals surface area contributed by atoms with Crippen molar-refractivity contribution in [2.24, 2.45) is 14.1 Å². The molecule has 0 unspecified atom stereocenters. The number of aromatic nitrogens is 3. The van der Waals surface area contributed by atoms with Gasteiger partial charge in [-0.05, 0) is 6.07 Å². The molecule has 7 nitrogen and oxygen atoms in total. The van der Waals surface area contributed by atoms with Crippen LogP contribution in [0.4, 0.5) is 5.82 Å². The van der Waals surface area contributed by atoms with Crippen LogP contribution in [0.3, 0.4) is 0 Å². The second-order valence-corrected chi connectivity index (χ2v) is 5.65. The lowest BCUT2D eigenvalue weighted by Gasteiger charge is -2.14. The molecule has 0 atom stereocenters. The Morgan fingerprint density at radius 2 is 1.88 bits per heavy atom. The first-order valence-corrected chi connectivity index (χ1v) is 7.30. The largest absolute Gasteiger partial charge is 0.383 e. The van der Waals surface area contributed by atoms with Gasteiger partial charge in [0.2, 0.25) is 0 Å². The van der Waals surface area contributed by atoms with E-state index in [1.165, 1.54) is 18.7 Å². The van der Waals surface area contributed by atoms with Crippen molar-refractivity contribution in [1.29, 1.82) is 5.26 Å². The van der Waals surface area contributed by atoms with E-state index in [1.54, 1.807) is 24.3 Å². The minimum absolute atomic E-state index is 0.0475. The van der Waals surface area contributed by atoms with Crippen LogP contribution in [0.1, 0.15) is 5.56 Å². The van der Waals surface area contributed by atoms with Crippen LogP contribution < -0.4 is 17.0 Å². The summed E-state index contributed by atoms with van der Waals surface area (Å²) in [7, 11) is 2.85. The number of nitrogen functional groups attached to an aromatic ring is 1. The first-order valence-electron chi connectivity index (χ1n) is 6.92. The normalized spacial score (nSPS) is 10.8. The Labute approximate surface area is 141 Å². The molecule has 24 heavy (non-hydrogen) atoms. The number of hydrogen-bond acceptors (Lipinski definition) is 5. The molecule has 0 spiro atoms. The van der Waals surface area contributed by atoms with Gasteiger partial charge in [0.25, 0.3) is 5.56 Å². The third-order valence-electron chi connectivity index (χ3n) is 3.87. The number of nitrogens with two attached hydrogens (primary N) is 1. The maximum atomic E-state index is 12.7. The first kappa shape index (κ1) is 15.8. The smallest absolute Gasteiger partial charge is 0.332 e. The average Bonchev–Trinajstić information content (AvgIpc) is 2.57. The van der Waals surface area contributed by atoms with Crippen LogP contribution in [0, 0.1) is 11.3 Å². The van der Waals surface area contributed by atoms with Gasteiger partial charge in [-0.2, -0.15) is 5.26 Å². The molecule has 0 amide bonds. The van der Waals surface area contributed by atoms with E-state index in [0.717, 1.165) is 4.57 Å². The van der Waals surface area contributed by atoms with Crippen molar-refractivity contribution in [3.05, 3.63) is 55.7 Å². The minimum atomic E-state index is -0.563. The summed E-state index contributed by atoms with van der Waals surface area (Å²) < 4.78 is 2.18. The number of aryl methyl sites for hydroxylation is 1. The van der Waals surface area contributed by atoms with Crippen molar-refractivity contribution < 1.29 is 0 Å². The van der Waals surface area contributed by atoms with Crippen LogP contribution in [-0.2, 0) is 14.1 Å². The number of rotatable bonds is 1. The van der Waals surface area contributed by atoms with Crippen molar-refractivity contribution in [1.82, 2.24) is 14.1 Å². The monoisotopic (exact) mass is 341 g/mol. The predicted molar refractivity (Wildman–Crippen MR) is 91.8 cm³/mol. The average molecular weight is 342 g/mol. The Bertz CT molecular complexity index is 1150. The van der Waals surface area contributed by atoms with Gasteiger partial charge in [0, 0.05) is 30.2 Å². The molecule has 0 aliphatic carbocycles. The van der Waals surface area contributed by atoms with E-state index in [-0.39, 0.29) is 28.0 Å². The lowest BCUT2D eigenvalue weighted by atomic mass is 9.98. The van der Waals surface area contributed by atoms with Gasteiger partial charge in [0.05, 0.1) is 5.39 Å². The van der Waals surface area contributed by atoms with Crippen molar-refractivity contribution in [3.8, 4) is 17.2 Å². The predicted octanol–water partition coefficient (Wildman–Crippen LogP) is 1.41. The van der Waals surface area contributed by atoms with Crippen molar-refractivity contribution in [3.63, 3.8) is 0 Å². The molecule has 2 aromatic heterocycles. The van der Waals surface area contributed by atoms with Crippen molar-refractivity contribution >= 4 is 28.5 Å². The highest BCUT2D eigenvalue weighted by Crippen LogP contribution is 2.35. The van der Waals surface area contributed by atoms with Crippen molar-refractivity contribution in [2.45, 2.75) is 0 Å². The number of nitrogens with zero attached hydrogens (tertiary/aromatic N) is 4. The van der Waals surface area contributed by atoms with Crippen LogP contribution in [-0.4, -0.2) is 14.1 Å². The Balaban J connectivity index is 2.72. The zero-order valence-corrected chi connectivity index (χ0v) is 13.6. The highest BCUT2D eigenvalue weighted by molar-refractivity contribution is 6.33. The summed E-state index contributed by atoms with van der Waals surface area (Å²) in [5, 5.41) is 9.99. The fourth-order valence-corrected chi connectivity index (χ4v) is 2.88. The Hall–Kier alpha value is -3.11. The number of benzene rings is 1. The van der Waals surface area contributed by atoms with E-state index >= 15 is 0 Å². The van der Waals surface area contributed by atoms with E-state index in [2.05, 4.69) is 4.98 Å². The fourth-order valence-electron chi connectivity index (χ4n) is 2.65. The molecule has 8 heteroatoms. The maximum Gasteiger partial charge on any atom is 0.332 e. The molecule has 0 fully saturated rings. The molecular formula is C16H12ClN5O2. The zero-order chi connectivity index (χ0) is 17.6. The number of halogens is 1. The van der Waals surface area contributed by atoms with Gasteiger partial charge < -0.3 is 5.73 Å². The number of anilines is 1. The molecule has 120 valence electrons. The lowest BCUT2D eigenvalue weighted by Crippen LogP contribution is -2.37. The lowest BCUT2D eigenvalue weighted by molar-refractivity contribution is 0.708. The summed E-state index contributed by atoms with van der Waals surface area (Å²) in [6.07, 6.45) is 0. The van der Waals surface area contributed by atoms with Gasteiger partial charge in [-0.3, -0.25) is 13.9 Å². The molecule has 3 rings (SSSR count). The molecular weight excluding hydrogens is 330 g/mol. The summed E-state index contributed by atoms with van der Waals surface area (Å²) in [4.78, 5) is 28.9. The van der Waals surface area contributed by atoms with E-state index < -0.39 is 11.2 Å². The molecule has 2 N–H and O–H groups in total. The van der Waals surface area contributed by atoms with Gasteiger partial charge in [-0.15, -0.1) is 0 Å². The van der Waals surface area contributed by atoms with E-state index in [9.17, 15) is 14.9 Å². The Kier molecular flexibility index (Phi) is 3.62. The van der Waals surface area contributed by atoms with Gasteiger partial charge >= 0.3 is 5.69 Å². The topological polar surface area (TPSA) is 107 Å². The number of pyridine rings is 1. The van der Waals surface area contributed by atoms with Gasteiger partial charge in [-0.1, -0.05) is 29.8 Å². The molecule has 3 aromatic rings. The minimum Gasteiger partial charge on any atom is -0.383 e. The molecule has 0 saturated heterocycles. The fraction of sp³-hybridized carbons (Fsp3) is 0.125. The molecule has 0 bridgehead atoms. The quantitative estimate of drug-likeness (QED) is 0.720. The zero-order valence-electron chi connectivity index (χ0n) is 12.9. The van der Waals surface area contributed by atoms with E-state index in [0.29, 0.717) is 10.6 Å². The second kappa shape index (κ2) is 5.51. The molecule has 0 aliphatic rings. The highest BCUT2D eigenvalue weighted by atomic mass is 35.5. The van der Waals surface area contributed by atoms with Gasteiger partial charge in [0.15, 0.2) is 5.65 Å². The maximum absolute atomic E-state index is 12.7. The van der Waals surface area contributed by atoms with Crippen molar-refractivity contribution in [2.75, 3.05) is 5.73 Å². The van der Waals surface area contributed by atoms with E-state index in [4.69, 9.17) is 17.3 Å². The molecule has 0 saturated carbocycles. The summed E-state index contributed by atoms with van der Waals surface area (Å²) in [6, 6.07) is 8.78. The van der Waals surface area contributed by atoms with Gasteiger partial charge in [-0.25, -0.2) is 9.78 Å². The summed E-state index contributed by atoms with van der Waals surface area (Å²) in [5.74, 6) is -0.0665. The SMILES string of the molecule is Cn1c(=O)c2c(-c3ccccc3Cl)c(C#N)c(N)nc2n(C)c1=O. The molecule has 1 aromatic carbocycles. The third-order valence-corrected chi connectivity index (χ3v) is 4.20. The molecule has 0 aliphatic heterocycles. The van der Waals surface area contributed by atoms with Crippen LogP contribution in [0.15, 0.2) is 33.9 Å². The molecule has 0 radical (unpaired) electrons. The van der Waals surface area contributed by atoms with Crippen LogP contribution in [0.5, 0.6) is 0 Å². The summed E-state index contributed by atoms with van der Waals surface area (Å²) in [5.41, 5.74) is 5.71. The number of nitriles is 1. The van der Waals surface area contributed by atoms with Crippen LogP contribution >= 0.6 is 11.6 Å². The summed E-state index contributed by atoms with van der Waals surface area (Å²) >= 11 is 6.26. The third kappa shape index (κ3) is 2.08. The van der Waals surface area contributed by atoms with E-state index in [1.807, 2.05) is 6.07 Å². The first-order chi connectivity index (χ1) is 11.4. The van der Waals surface area contributed by atoms with Gasteiger partial charge in [0.1, 0.15) is 17.5 Å². The summed E-state index contributed by atoms with van der Waals surface area (Å²) in [6.45, 7) is 0. The standard InChI is InChI=1S/C16H12ClN5O2/c1-21-14-12(15(23)22(2)16(21)24)11(9(7-18)13(19)20-14)8-5-3-4-6-10(8)17/h3-6H,1-2H3,(H2,19,20). The Morgan fingerprint density at radius 3 is 2.50 bits per heavy atom. The second-order valence-electron chi connectivity index (χ2n) is 5.24. The number of fused-ring (bicyclic) bond motifs is 1. The number of hydrogen-bond donors (Lipinski definition) is 1.